The first-order valence-corrected chi connectivity index (χ1v) is 7.08. The van der Waals surface area contributed by atoms with Gasteiger partial charge in [0, 0.05) is 12.1 Å². The molecule has 0 heterocycles. The van der Waals surface area contributed by atoms with Crippen molar-refractivity contribution >= 4 is 11.6 Å². The molecule has 0 aromatic rings. The molecule has 0 rings (SSSR count). The number of carbonyl (C=O) groups excluding carboxylic acids is 1. The van der Waals surface area contributed by atoms with Gasteiger partial charge in [-0.2, -0.15) is 5.10 Å². The highest BCUT2D eigenvalue weighted by molar-refractivity contribution is 5.85. The van der Waals surface area contributed by atoms with Crippen LogP contribution in [0, 0.1) is 0 Å². The second kappa shape index (κ2) is 11.6. The maximum Gasteiger partial charge on any atom is 0.240 e. The monoisotopic (exact) mass is 240 g/mol. The fraction of sp³-hybridized carbons (Fsp3) is 0.857. The fourth-order valence-corrected chi connectivity index (χ4v) is 1.67. The zero-order valence-corrected chi connectivity index (χ0v) is 11.7. The number of unbranched alkanes of at least 4 members (excludes halogenated alkanes) is 5. The van der Waals surface area contributed by atoms with Crippen molar-refractivity contribution in [1.82, 2.24) is 5.43 Å². The van der Waals surface area contributed by atoms with Crippen molar-refractivity contribution in [2.45, 2.75) is 78.6 Å². The summed E-state index contributed by atoms with van der Waals surface area (Å²) in [7, 11) is 0. The summed E-state index contributed by atoms with van der Waals surface area (Å²) in [4.78, 5) is 11.5. The minimum absolute atomic E-state index is 0.0555. The molecule has 3 nitrogen and oxygen atoms in total. The number of amides is 1. The predicted octanol–water partition coefficient (Wildman–Crippen LogP) is 4.03. The van der Waals surface area contributed by atoms with E-state index in [1.165, 1.54) is 25.7 Å². The van der Waals surface area contributed by atoms with Crippen molar-refractivity contribution in [2.24, 2.45) is 5.10 Å². The molecule has 0 radical (unpaired) electrons. The summed E-state index contributed by atoms with van der Waals surface area (Å²) in [5.74, 6) is 0.0555. The summed E-state index contributed by atoms with van der Waals surface area (Å²) < 4.78 is 0. The SMILES string of the molecule is CCCCCCCCC(=O)NN=C(CC)CC. The largest absolute Gasteiger partial charge is 0.273 e. The van der Waals surface area contributed by atoms with E-state index in [0.29, 0.717) is 6.42 Å². The molecule has 3 heteroatoms. The van der Waals surface area contributed by atoms with Crippen molar-refractivity contribution in [3.8, 4) is 0 Å². The van der Waals surface area contributed by atoms with Gasteiger partial charge in [-0.05, 0) is 19.3 Å². The summed E-state index contributed by atoms with van der Waals surface area (Å²) >= 11 is 0. The molecule has 0 spiro atoms. The standard InChI is InChI=1S/C14H28N2O/c1-4-7-8-9-10-11-12-14(17)16-15-13(5-2)6-3/h4-12H2,1-3H3,(H,16,17). The molecular formula is C14H28N2O. The molecule has 0 fully saturated rings. The van der Waals surface area contributed by atoms with Gasteiger partial charge in [0.2, 0.25) is 5.91 Å². The van der Waals surface area contributed by atoms with Gasteiger partial charge in [0.25, 0.3) is 0 Å². The highest BCUT2D eigenvalue weighted by atomic mass is 16.2. The van der Waals surface area contributed by atoms with E-state index in [-0.39, 0.29) is 5.91 Å². The van der Waals surface area contributed by atoms with Gasteiger partial charge in [-0.3, -0.25) is 4.79 Å². The van der Waals surface area contributed by atoms with Gasteiger partial charge in [-0.15, -0.1) is 0 Å². The molecule has 1 N–H and O–H groups in total. The van der Waals surface area contributed by atoms with Gasteiger partial charge in [0.1, 0.15) is 0 Å². The van der Waals surface area contributed by atoms with Crippen LogP contribution in [0.25, 0.3) is 0 Å². The molecule has 0 unspecified atom stereocenters. The second-order valence-corrected chi connectivity index (χ2v) is 4.44. The molecule has 0 aliphatic rings. The summed E-state index contributed by atoms with van der Waals surface area (Å²) in [6.07, 6.45) is 9.70. The van der Waals surface area contributed by atoms with Crippen molar-refractivity contribution < 1.29 is 4.79 Å². The minimum Gasteiger partial charge on any atom is -0.273 e. The van der Waals surface area contributed by atoms with Gasteiger partial charge in [0.05, 0.1) is 0 Å². The topological polar surface area (TPSA) is 41.5 Å². The van der Waals surface area contributed by atoms with Crippen LogP contribution < -0.4 is 5.43 Å². The third kappa shape index (κ3) is 10.0. The summed E-state index contributed by atoms with van der Waals surface area (Å²) in [6.45, 7) is 6.33. The van der Waals surface area contributed by atoms with Gasteiger partial charge in [0.15, 0.2) is 0 Å². The van der Waals surface area contributed by atoms with Crippen LogP contribution in [-0.4, -0.2) is 11.6 Å². The van der Waals surface area contributed by atoms with Gasteiger partial charge in [-0.25, -0.2) is 5.43 Å². The molecule has 0 saturated heterocycles. The lowest BCUT2D eigenvalue weighted by atomic mass is 10.1. The number of nitrogens with zero attached hydrogens (tertiary/aromatic N) is 1. The van der Waals surface area contributed by atoms with Crippen LogP contribution in [0.2, 0.25) is 0 Å². The summed E-state index contributed by atoms with van der Waals surface area (Å²) in [5.41, 5.74) is 3.69. The van der Waals surface area contributed by atoms with Crippen molar-refractivity contribution in [1.29, 1.82) is 0 Å². The van der Waals surface area contributed by atoms with Crippen molar-refractivity contribution in [2.75, 3.05) is 0 Å². The highest BCUT2D eigenvalue weighted by Gasteiger charge is 2.00. The van der Waals surface area contributed by atoms with E-state index >= 15 is 0 Å². The quantitative estimate of drug-likeness (QED) is 0.349. The van der Waals surface area contributed by atoms with Crippen LogP contribution in [0.15, 0.2) is 5.10 Å². The van der Waals surface area contributed by atoms with Crippen LogP contribution in [0.5, 0.6) is 0 Å². The number of hydrogen-bond acceptors (Lipinski definition) is 2. The van der Waals surface area contributed by atoms with Crippen LogP contribution >= 0.6 is 0 Å². The average Bonchev–Trinajstić information content (AvgIpc) is 2.35. The zero-order chi connectivity index (χ0) is 12.9. The molecule has 17 heavy (non-hydrogen) atoms. The summed E-state index contributed by atoms with van der Waals surface area (Å²) in [5, 5.41) is 4.11. The zero-order valence-electron chi connectivity index (χ0n) is 11.7. The molecule has 0 aromatic heterocycles. The first-order valence-electron chi connectivity index (χ1n) is 7.08. The predicted molar refractivity (Wildman–Crippen MR) is 74.2 cm³/mol. The van der Waals surface area contributed by atoms with E-state index in [1.807, 2.05) is 0 Å². The number of hydrazone groups is 1. The van der Waals surface area contributed by atoms with E-state index < -0.39 is 0 Å². The lowest BCUT2D eigenvalue weighted by Gasteiger charge is -2.03. The fourth-order valence-electron chi connectivity index (χ4n) is 1.67. The average molecular weight is 240 g/mol. The maximum absolute atomic E-state index is 11.5. The van der Waals surface area contributed by atoms with Gasteiger partial charge in [-0.1, -0.05) is 52.9 Å². The molecular weight excluding hydrogens is 212 g/mol. The van der Waals surface area contributed by atoms with Crippen LogP contribution in [0.1, 0.15) is 78.6 Å². The molecule has 1 amide bonds. The molecule has 0 aromatic carbocycles. The Hall–Kier alpha value is -0.860. The molecule has 0 bridgehead atoms. The maximum atomic E-state index is 11.5. The second-order valence-electron chi connectivity index (χ2n) is 4.44. The number of rotatable bonds is 10. The van der Waals surface area contributed by atoms with E-state index in [0.717, 1.165) is 31.4 Å². The third-order valence-corrected chi connectivity index (χ3v) is 2.91. The Morgan fingerprint density at radius 1 is 0.941 bits per heavy atom. The lowest BCUT2D eigenvalue weighted by Crippen LogP contribution is -2.18. The highest BCUT2D eigenvalue weighted by Crippen LogP contribution is 2.06. The molecule has 0 aliphatic carbocycles. The van der Waals surface area contributed by atoms with Gasteiger partial charge < -0.3 is 0 Å². The Kier molecular flexibility index (Phi) is 11.0. The molecule has 100 valence electrons. The van der Waals surface area contributed by atoms with E-state index in [4.69, 9.17) is 0 Å². The lowest BCUT2D eigenvalue weighted by molar-refractivity contribution is -0.121. The Bertz CT molecular complexity index is 218. The molecule has 0 atom stereocenters. The Balaban J connectivity index is 3.49. The summed E-state index contributed by atoms with van der Waals surface area (Å²) in [6, 6.07) is 0. The Labute approximate surface area is 106 Å². The van der Waals surface area contributed by atoms with Gasteiger partial charge >= 0.3 is 0 Å². The molecule has 0 aliphatic heterocycles. The number of hydrogen-bond donors (Lipinski definition) is 1. The Morgan fingerprint density at radius 3 is 2.12 bits per heavy atom. The van der Waals surface area contributed by atoms with Crippen LogP contribution in [0.4, 0.5) is 0 Å². The number of nitrogens with one attached hydrogen (secondary N) is 1. The number of carbonyl (C=O) groups is 1. The normalized spacial score (nSPS) is 10.1. The van der Waals surface area contributed by atoms with E-state index in [9.17, 15) is 4.79 Å². The van der Waals surface area contributed by atoms with Crippen LogP contribution in [-0.2, 0) is 4.79 Å². The smallest absolute Gasteiger partial charge is 0.240 e. The van der Waals surface area contributed by atoms with Crippen molar-refractivity contribution in [3.63, 3.8) is 0 Å². The Morgan fingerprint density at radius 2 is 1.53 bits per heavy atom. The van der Waals surface area contributed by atoms with Crippen LogP contribution in [0.3, 0.4) is 0 Å². The van der Waals surface area contributed by atoms with Crippen molar-refractivity contribution in [3.05, 3.63) is 0 Å². The molecule has 0 saturated carbocycles. The van der Waals surface area contributed by atoms with E-state index in [1.54, 1.807) is 0 Å². The minimum atomic E-state index is 0.0555. The van der Waals surface area contributed by atoms with E-state index in [2.05, 4.69) is 31.3 Å². The first kappa shape index (κ1) is 16.1. The third-order valence-electron chi connectivity index (χ3n) is 2.91. The first-order chi connectivity index (χ1) is 8.24.